The minimum atomic E-state index is -1.45. The van der Waals surface area contributed by atoms with Gasteiger partial charge in [0.2, 0.25) is 11.0 Å². The SMILES string of the molecule is COc1ccnc(CS(=O)[n+]2c[nH]c3cc(C)c(C(C)=O)cc32)c1OC. The number of benzene rings is 1. The molecule has 3 aromatic rings. The molecule has 0 aliphatic carbocycles. The zero-order chi connectivity index (χ0) is 18.8. The van der Waals surface area contributed by atoms with Crippen molar-refractivity contribution < 1.29 is 22.4 Å². The van der Waals surface area contributed by atoms with Crippen molar-refractivity contribution in [1.82, 2.24) is 9.97 Å². The second-order valence-electron chi connectivity index (χ2n) is 5.80. The third kappa shape index (κ3) is 3.20. The van der Waals surface area contributed by atoms with Crippen LogP contribution in [0.5, 0.6) is 11.5 Å². The fourth-order valence-electron chi connectivity index (χ4n) is 2.88. The second kappa shape index (κ2) is 7.25. The van der Waals surface area contributed by atoms with Crippen LogP contribution >= 0.6 is 0 Å². The molecule has 0 saturated heterocycles. The van der Waals surface area contributed by atoms with Crippen molar-refractivity contribution in [1.29, 1.82) is 0 Å². The van der Waals surface area contributed by atoms with Crippen LogP contribution in [0.4, 0.5) is 0 Å². The number of aromatic nitrogens is 3. The third-order valence-corrected chi connectivity index (χ3v) is 5.40. The number of carbonyl (C=O) groups is 1. The van der Waals surface area contributed by atoms with Crippen molar-refractivity contribution in [3.63, 3.8) is 0 Å². The van der Waals surface area contributed by atoms with Crippen molar-refractivity contribution >= 4 is 27.8 Å². The Labute approximate surface area is 153 Å². The summed E-state index contributed by atoms with van der Waals surface area (Å²) >= 11 is 0. The molecule has 7 nitrogen and oxygen atoms in total. The number of hydrogen-bond donors (Lipinski definition) is 1. The van der Waals surface area contributed by atoms with Crippen molar-refractivity contribution in [2.75, 3.05) is 14.2 Å². The van der Waals surface area contributed by atoms with Gasteiger partial charge in [-0.25, -0.2) is 9.19 Å². The zero-order valence-corrected chi connectivity index (χ0v) is 15.8. The highest BCUT2D eigenvalue weighted by Gasteiger charge is 2.22. The highest BCUT2D eigenvalue weighted by atomic mass is 32.2. The monoisotopic (exact) mass is 374 g/mol. The van der Waals surface area contributed by atoms with Gasteiger partial charge in [0.15, 0.2) is 28.3 Å². The van der Waals surface area contributed by atoms with Gasteiger partial charge in [-0.2, -0.15) is 0 Å². The number of hydrogen-bond acceptors (Lipinski definition) is 5. The van der Waals surface area contributed by atoms with E-state index < -0.39 is 11.0 Å². The van der Waals surface area contributed by atoms with E-state index >= 15 is 0 Å². The average Bonchev–Trinajstić information content (AvgIpc) is 3.03. The van der Waals surface area contributed by atoms with Crippen LogP contribution in [0.1, 0.15) is 28.5 Å². The van der Waals surface area contributed by atoms with Gasteiger partial charge in [-0.3, -0.25) is 9.78 Å². The molecule has 1 atom stereocenters. The summed E-state index contributed by atoms with van der Waals surface area (Å²) in [4.78, 5) is 19.2. The van der Waals surface area contributed by atoms with Crippen molar-refractivity contribution in [3.05, 3.63) is 47.5 Å². The van der Waals surface area contributed by atoms with E-state index in [0.717, 1.165) is 11.1 Å². The van der Waals surface area contributed by atoms with Crippen molar-refractivity contribution in [3.8, 4) is 11.5 Å². The van der Waals surface area contributed by atoms with Gasteiger partial charge in [-0.15, -0.1) is 3.97 Å². The average molecular weight is 374 g/mol. The highest BCUT2D eigenvalue weighted by molar-refractivity contribution is 7.77. The quantitative estimate of drug-likeness (QED) is 0.527. The number of pyridine rings is 1. The number of Topliss-reactive ketones (excluding diaryl/α,β-unsaturated/α-hetero) is 1. The largest absolute Gasteiger partial charge is 0.493 e. The Bertz CT molecular complexity index is 1010. The summed E-state index contributed by atoms with van der Waals surface area (Å²) in [5, 5.41) is 0. The predicted octanol–water partition coefficient (Wildman–Crippen LogP) is 2.09. The molecule has 8 heteroatoms. The van der Waals surface area contributed by atoms with Crippen LogP contribution < -0.4 is 13.4 Å². The number of imidazole rings is 1. The fourth-order valence-corrected chi connectivity index (χ4v) is 4.00. The first-order valence-corrected chi connectivity index (χ1v) is 9.23. The standard InChI is InChI=1S/C18H19N3O4S/c1-11-7-14-16(8-13(11)12(2)22)21(10-20-14)26(23)9-15-18(25-4)17(24-3)5-6-19-15/h5-8,10H,9H2,1-4H3/p+1. The number of methoxy groups -OCH3 is 2. The van der Waals surface area contributed by atoms with Gasteiger partial charge in [0, 0.05) is 23.9 Å². The molecule has 136 valence electrons. The first-order chi connectivity index (χ1) is 12.5. The van der Waals surface area contributed by atoms with Crippen LogP contribution in [-0.2, 0) is 16.7 Å². The molecule has 1 unspecified atom stereocenters. The molecular weight excluding hydrogens is 354 g/mol. The lowest BCUT2D eigenvalue weighted by molar-refractivity contribution is -0.473. The Balaban J connectivity index is 2.01. The van der Waals surface area contributed by atoms with Gasteiger partial charge in [-0.1, -0.05) is 0 Å². The molecule has 0 fully saturated rings. The van der Waals surface area contributed by atoms with Gasteiger partial charge >= 0.3 is 0 Å². The normalized spacial score (nSPS) is 12.2. The molecule has 0 bridgehead atoms. The molecule has 0 aliphatic rings. The third-order valence-electron chi connectivity index (χ3n) is 4.14. The molecule has 26 heavy (non-hydrogen) atoms. The van der Waals surface area contributed by atoms with Gasteiger partial charge < -0.3 is 9.47 Å². The summed E-state index contributed by atoms with van der Waals surface area (Å²) in [6, 6.07) is 5.33. The van der Waals surface area contributed by atoms with Crippen LogP contribution in [0.2, 0.25) is 0 Å². The van der Waals surface area contributed by atoms with Gasteiger partial charge in [0.05, 0.1) is 14.2 Å². The molecule has 2 aromatic heterocycles. The lowest BCUT2D eigenvalue weighted by Gasteiger charge is -2.10. The zero-order valence-electron chi connectivity index (χ0n) is 15.0. The lowest BCUT2D eigenvalue weighted by Crippen LogP contribution is -2.37. The fraction of sp³-hybridized carbons (Fsp3) is 0.278. The summed E-state index contributed by atoms with van der Waals surface area (Å²) in [6.45, 7) is 3.40. The summed E-state index contributed by atoms with van der Waals surface area (Å²) in [5.41, 5.74) is 3.53. The topological polar surface area (TPSA) is 85.2 Å². The van der Waals surface area contributed by atoms with Crippen LogP contribution in [0, 0.1) is 6.92 Å². The maximum atomic E-state index is 13.0. The summed E-state index contributed by atoms with van der Waals surface area (Å²) in [6.07, 6.45) is 3.22. The molecule has 3 rings (SSSR count). The van der Waals surface area contributed by atoms with Crippen molar-refractivity contribution in [2.45, 2.75) is 19.6 Å². The van der Waals surface area contributed by atoms with Crippen LogP contribution in [0.15, 0.2) is 30.7 Å². The molecule has 1 N–H and O–H groups in total. The predicted molar refractivity (Wildman–Crippen MR) is 97.8 cm³/mol. The Morgan fingerprint density at radius 3 is 2.73 bits per heavy atom. The van der Waals surface area contributed by atoms with Crippen LogP contribution in [-0.4, -0.2) is 34.2 Å². The molecule has 0 radical (unpaired) electrons. The number of H-pyrrole nitrogens is 1. The van der Waals surface area contributed by atoms with Gasteiger partial charge in [0.25, 0.3) is 6.33 Å². The maximum absolute atomic E-state index is 13.0. The van der Waals surface area contributed by atoms with Gasteiger partial charge in [-0.05, 0) is 25.5 Å². The lowest BCUT2D eigenvalue weighted by atomic mass is 10.0. The first-order valence-electron chi connectivity index (χ1n) is 7.95. The van der Waals surface area contributed by atoms with E-state index in [2.05, 4.69) is 9.97 Å². The van der Waals surface area contributed by atoms with Gasteiger partial charge in [0.1, 0.15) is 11.4 Å². The van der Waals surface area contributed by atoms with E-state index in [9.17, 15) is 9.00 Å². The molecule has 2 heterocycles. The minimum absolute atomic E-state index is 0.0286. The smallest absolute Gasteiger partial charge is 0.256 e. The Morgan fingerprint density at radius 1 is 1.31 bits per heavy atom. The number of ketones is 1. The number of nitrogens with zero attached hydrogens (tertiary/aromatic N) is 2. The Morgan fingerprint density at radius 2 is 2.08 bits per heavy atom. The van der Waals surface area contributed by atoms with E-state index in [4.69, 9.17) is 9.47 Å². The van der Waals surface area contributed by atoms with Crippen molar-refractivity contribution in [2.24, 2.45) is 0 Å². The minimum Gasteiger partial charge on any atom is -0.493 e. The second-order valence-corrected chi connectivity index (χ2v) is 7.12. The van der Waals surface area contributed by atoms with E-state index in [-0.39, 0.29) is 11.5 Å². The Kier molecular flexibility index (Phi) is 5.03. The van der Waals surface area contributed by atoms with E-state index in [1.54, 1.807) is 35.7 Å². The number of rotatable bonds is 6. The molecular formula is C18H20N3O4S+. The van der Waals surface area contributed by atoms with E-state index in [0.29, 0.717) is 28.3 Å². The maximum Gasteiger partial charge on any atom is 0.256 e. The van der Waals surface area contributed by atoms with E-state index in [1.165, 1.54) is 14.0 Å². The molecule has 1 aromatic carbocycles. The molecule has 0 aliphatic heterocycles. The number of nitrogens with one attached hydrogen (secondary N) is 1. The summed E-state index contributed by atoms with van der Waals surface area (Å²) in [7, 11) is 1.61. The number of aryl methyl sites for hydroxylation is 1. The summed E-state index contributed by atoms with van der Waals surface area (Å²) < 4.78 is 25.2. The number of ether oxygens (including phenoxy) is 2. The molecule has 0 spiro atoms. The van der Waals surface area contributed by atoms with Crippen LogP contribution in [0.25, 0.3) is 11.0 Å². The summed E-state index contributed by atoms with van der Waals surface area (Å²) in [5.74, 6) is 1.11. The molecule has 0 amide bonds. The number of carbonyl (C=O) groups excluding carboxylic acids is 1. The van der Waals surface area contributed by atoms with Crippen LogP contribution in [0.3, 0.4) is 0 Å². The number of aromatic amines is 1. The first kappa shape index (κ1) is 18.1. The van der Waals surface area contributed by atoms with E-state index in [1.807, 2.05) is 13.0 Å². The molecule has 0 saturated carbocycles. The Hall–Kier alpha value is -2.74. The highest BCUT2D eigenvalue weighted by Crippen LogP contribution is 2.29. The number of fused-ring (bicyclic) bond motifs is 1.